The van der Waals surface area contributed by atoms with Gasteiger partial charge in [0.15, 0.2) is 0 Å². The van der Waals surface area contributed by atoms with Gasteiger partial charge in [0.05, 0.1) is 18.2 Å². The lowest BCUT2D eigenvalue weighted by Crippen LogP contribution is -2.33. The minimum Gasteiger partial charge on any atom is -0.395 e. The molecule has 1 aromatic rings. The first-order chi connectivity index (χ1) is 7.71. The quantitative estimate of drug-likeness (QED) is 0.794. The molecule has 2 atom stereocenters. The van der Waals surface area contributed by atoms with Crippen molar-refractivity contribution in [2.45, 2.75) is 32.4 Å². The molecule has 2 N–H and O–H groups in total. The van der Waals surface area contributed by atoms with E-state index in [4.69, 9.17) is 10.4 Å². The highest BCUT2D eigenvalue weighted by atomic mass is 16.3. The predicted molar refractivity (Wildman–Crippen MR) is 63.9 cm³/mol. The van der Waals surface area contributed by atoms with Crippen LogP contribution in [0.25, 0.3) is 0 Å². The predicted octanol–water partition coefficient (Wildman–Crippen LogP) is 1.98. The van der Waals surface area contributed by atoms with E-state index in [1.54, 1.807) is 0 Å². The van der Waals surface area contributed by atoms with Gasteiger partial charge >= 0.3 is 0 Å². The number of aliphatic hydroxyl groups excluding tert-OH is 1. The number of nitrogens with one attached hydrogen (secondary N) is 1. The molecule has 0 bridgehead atoms. The van der Waals surface area contributed by atoms with E-state index >= 15 is 0 Å². The molecule has 0 radical (unpaired) electrons. The molecule has 0 aliphatic rings. The molecule has 16 heavy (non-hydrogen) atoms. The topological polar surface area (TPSA) is 56.0 Å². The van der Waals surface area contributed by atoms with Crippen LogP contribution in [-0.4, -0.2) is 17.8 Å². The van der Waals surface area contributed by atoms with Gasteiger partial charge < -0.3 is 10.4 Å². The van der Waals surface area contributed by atoms with Crippen molar-refractivity contribution < 1.29 is 5.11 Å². The van der Waals surface area contributed by atoms with Crippen LogP contribution in [0.5, 0.6) is 0 Å². The Morgan fingerprint density at radius 1 is 1.38 bits per heavy atom. The van der Waals surface area contributed by atoms with Crippen molar-refractivity contribution in [1.82, 2.24) is 5.32 Å². The first-order valence-electron chi connectivity index (χ1n) is 5.58. The minimum atomic E-state index is 0.130. The zero-order chi connectivity index (χ0) is 12.0. The highest BCUT2D eigenvalue weighted by Crippen LogP contribution is 2.14. The van der Waals surface area contributed by atoms with Gasteiger partial charge in [-0.2, -0.15) is 5.26 Å². The molecular weight excluding hydrogens is 200 g/mol. The number of benzene rings is 1. The lowest BCUT2D eigenvalue weighted by molar-refractivity contribution is 0.230. The van der Waals surface area contributed by atoms with Crippen molar-refractivity contribution in [2.24, 2.45) is 0 Å². The summed E-state index contributed by atoms with van der Waals surface area (Å²) in [5.41, 5.74) is 1.80. The molecule has 0 aliphatic heterocycles. The second-order valence-electron chi connectivity index (χ2n) is 3.91. The fourth-order valence-electron chi connectivity index (χ4n) is 1.60. The summed E-state index contributed by atoms with van der Waals surface area (Å²) in [6.45, 7) is 4.25. The first-order valence-corrected chi connectivity index (χ1v) is 5.58. The van der Waals surface area contributed by atoms with Gasteiger partial charge in [-0.15, -0.1) is 0 Å². The number of hydrogen-bond acceptors (Lipinski definition) is 3. The fourth-order valence-corrected chi connectivity index (χ4v) is 1.60. The van der Waals surface area contributed by atoms with E-state index in [1.807, 2.05) is 31.2 Å². The highest BCUT2D eigenvalue weighted by Gasteiger charge is 2.10. The van der Waals surface area contributed by atoms with Crippen molar-refractivity contribution in [3.63, 3.8) is 0 Å². The molecule has 0 heterocycles. The Morgan fingerprint density at radius 2 is 2.00 bits per heavy atom. The monoisotopic (exact) mass is 218 g/mol. The minimum absolute atomic E-state index is 0.130. The molecule has 0 fully saturated rings. The molecule has 2 unspecified atom stereocenters. The Balaban J connectivity index is 2.65. The van der Waals surface area contributed by atoms with Crippen LogP contribution in [0.1, 0.15) is 37.4 Å². The number of aliphatic hydroxyl groups is 1. The van der Waals surface area contributed by atoms with Gasteiger partial charge in [-0.3, -0.25) is 0 Å². The normalized spacial score (nSPS) is 14.1. The lowest BCUT2D eigenvalue weighted by atomic mass is 10.1. The van der Waals surface area contributed by atoms with E-state index < -0.39 is 0 Å². The van der Waals surface area contributed by atoms with Gasteiger partial charge in [0.2, 0.25) is 0 Å². The molecule has 0 aromatic heterocycles. The number of nitrogens with zero attached hydrogens (tertiary/aromatic N) is 1. The van der Waals surface area contributed by atoms with Crippen molar-refractivity contribution in [3.05, 3.63) is 35.4 Å². The zero-order valence-electron chi connectivity index (χ0n) is 9.77. The van der Waals surface area contributed by atoms with Gasteiger partial charge in [0.1, 0.15) is 0 Å². The van der Waals surface area contributed by atoms with Gasteiger partial charge in [0, 0.05) is 12.1 Å². The summed E-state index contributed by atoms with van der Waals surface area (Å²) < 4.78 is 0. The molecule has 0 amide bonds. The van der Waals surface area contributed by atoms with Crippen LogP contribution in [0.3, 0.4) is 0 Å². The van der Waals surface area contributed by atoms with Gasteiger partial charge in [0.25, 0.3) is 0 Å². The summed E-state index contributed by atoms with van der Waals surface area (Å²) in [5.74, 6) is 0. The van der Waals surface area contributed by atoms with E-state index in [-0.39, 0.29) is 18.7 Å². The molecule has 0 spiro atoms. The van der Waals surface area contributed by atoms with Crippen LogP contribution in [0, 0.1) is 11.3 Å². The second-order valence-corrected chi connectivity index (χ2v) is 3.91. The second kappa shape index (κ2) is 6.26. The van der Waals surface area contributed by atoms with Crippen LogP contribution in [0.4, 0.5) is 0 Å². The average Bonchev–Trinajstić information content (AvgIpc) is 2.35. The third-order valence-corrected chi connectivity index (χ3v) is 2.74. The van der Waals surface area contributed by atoms with Gasteiger partial charge in [-0.05, 0) is 31.0 Å². The Kier molecular flexibility index (Phi) is 4.97. The summed E-state index contributed by atoms with van der Waals surface area (Å²) in [5, 5.41) is 21.1. The SMILES string of the molecule is CCC(CO)NC(C)c1ccc(C#N)cc1. The fraction of sp³-hybridized carbons (Fsp3) is 0.462. The summed E-state index contributed by atoms with van der Waals surface area (Å²) in [7, 11) is 0. The van der Waals surface area contributed by atoms with Crippen LogP contribution in [0.2, 0.25) is 0 Å². The first kappa shape index (κ1) is 12.7. The summed E-state index contributed by atoms with van der Waals surface area (Å²) in [4.78, 5) is 0. The number of nitriles is 1. The molecule has 0 saturated carbocycles. The molecule has 1 rings (SSSR count). The largest absolute Gasteiger partial charge is 0.395 e. The third-order valence-electron chi connectivity index (χ3n) is 2.74. The Labute approximate surface area is 96.7 Å². The maximum Gasteiger partial charge on any atom is 0.0991 e. The van der Waals surface area contributed by atoms with E-state index in [1.165, 1.54) is 0 Å². The Bertz CT molecular complexity index is 349. The number of rotatable bonds is 5. The molecule has 0 saturated heterocycles. The van der Waals surface area contributed by atoms with E-state index in [0.717, 1.165) is 12.0 Å². The zero-order valence-corrected chi connectivity index (χ0v) is 9.77. The maximum absolute atomic E-state index is 9.10. The van der Waals surface area contributed by atoms with Crippen molar-refractivity contribution >= 4 is 0 Å². The Morgan fingerprint density at radius 3 is 2.44 bits per heavy atom. The number of hydrogen-bond donors (Lipinski definition) is 2. The highest BCUT2D eigenvalue weighted by molar-refractivity contribution is 5.32. The molecule has 86 valence electrons. The third kappa shape index (κ3) is 3.34. The summed E-state index contributed by atoms with van der Waals surface area (Å²) in [6.07, 6.45) is 0.900. The van der Waals surface area contributed by atoms with Crippen LogP contribution < -0.4 is 5.32 Å². The lowest BCUT2D eigenvalue weighted by Gasteiger charge is -2.20. The van der Waals surface area contributed by atoms with Crippen molar-refractivity contribution in [2.75, 3.05) is 6.61 Å². The standard InChI is InChI=1S/C13H18N2O/c1-3-13(9-16)15-10(2)12-6-4-11(8-14)5-7-12/h4-7,10,13,15-16H,3,9H2,1-2H3. The van der Waals surface area contributed by atoms with Gasteiger partial charge in [-0.1, -0.05) is 19.1 Å². The van der Waals surface area contributed by atoms with Crippen molar-refractivity contribution in [3.8, 4) is 6.07 Å². The van der Waals surface area contributed by atoms with Crippen LogP contribution >= 0.6 is 0 Å². The van der Waals surface area contributed by atoms with E-state index in [2.05, 4.69) is 18.3 Å². The Hall–Kier alpha value is -1.37. The van der Waals surface area contributed by atoms with Crippen LogP contribution in [-0.2, 0) is 0 Å². The average molecular weight is 218 g/mol. The van der Waals surface area contributed by atoms with Crippen LogP contribution in [0.15, 0.2) is 24.3 Å². The van der Waals surface area contributed by atoms with Crippen molar-refractivity contribution in [1.29, 1.82) is 5.26 Å². The summed E-state index contributed by atoms with van der Waals surface area (Å²) >= 11 is 0. The molecule has 0 aliphatic carbocycles. The smallest absolute Gasteiger partial charge is 0.0991 e. The maximum atomic E-state index is 9.10. The molecule has 3 nitrogen and oxygen atoms in total. The van der Waals surface area contributed by atoms with E-state index in [0.29, 0.717) is 5.56 Å². The van der Waals surface area contributed by atoms with Gasteiger partial charge in [-0.25, -0.2) is 0 Å². The molecular formula is C13H18N2O. The van der Waals surface area contributed by atoms with E-state index in [9.17, 15) is 0 Å². The molecule has 3 heteroatoms. The summed E-state index contributed by atoms with van der Waals surface area (Å²) in [6, 6.07) is 9.93. The molecule has 1 aromatic carbocycles.